The number of ketones is 1. The molecule has 0 bridgehead atoms. The monoisotopic (exact) mass is 402 g/mol. The second-order valence-electron chi connectivity index (χ2n) is 8.42. The summed E-state index contributed by atoms with van der Waals surface area (Å²) in [4.78, 5) is 13.6. The summed E-state index contributed by atoms with van der Waals surface area (Å²) in [5.41, 5.74) is 4.28. The number of hydrogen-bond donors (Lipinski definition) is 0. The second-order valence-corrected chi connectivity index (χ2v) is 8.42. The van der Waals surface area contributed by atoms with Crippen LogP contribution >= 0.6 is 0 Å². The maximum Gasteiger partial charge on any atom is 0.163 e. The highest BCUT2D eigenvalue weighted by Gasteiger charge is 2.40. The van der Waals surface area contributed by atoms with Gasteiger partial charge in [-0.15, -0.1) is 0 Å². The Morgan fingerprint density at radius 2 is 1.35 bits per heavy atom. The van der Waals surface area contributed by atoms with Crippen molar-refractivity contribution in [3.63, 3.8) is 0 Å². The fraction of sp³-hybridized carbons (Fsp3) is 0.138. The van der Waals surface area contributed by atoms with Gasteiger partial charge in [-0.3, -0.25) is 4.79 Å². The molecule has 0 fully saturated rings. The smallest absolute Gasteiger partial charge is 0.163 e. The molecule has 150 valence electrons. The third kappa shape index (κ3) is 2.98. The average Bonchev–Trinajstić information content (AvgIpc) is 2.83. The number of ether oxygens (including phenoxy) is 1. The van der Waals surface area contributed by atoms with Gasteiger partial charge in [-0.25, -0.2) is 0 Å². The van der Waals surface area contributed by atoms with E-state index in [0.29, 0.717) is 6.42 Å². The van der Waals surface area contributed by atoms with Crippen LogP contribution in [0.2, 0.25) is 0 Å². The predicted molar refractivity (Wildman–Crippen MR) is 123 cm³/mol. The Morgan fingerprint density at radius 1 is 0.677 bits per heavy atom. The summed E-state index contributed by atoms with van der Waals surface area (Å²) in [6.45, 7) is 0. The summed E-state index contributed by atoms with van der Waals surface area (Å²) >= 11 is 0. The Bertz CT molecular complexity index is 1320. The van der Waals surface area contributed by atoms with Crippen LogP contribution in [-0.4, -0.2) is 5.78 Å². The molecule has 2 heteroatoms. The summed E-state index contributed by atoms with van der Waals surface area (Å²) in [5, 5.41) is 2.32. The highest BCUT2D eigenvalue weighted by Crippen LogP contribution is 2.51. The highest BCUT2D eigenvalue weighted by atomic mass is 16.5. The number of carbonyl (C=O) groups is 1. The van der Waals surface area contributed by atoms with Crippen LogP contribution in [0.15, 0.2) is 108 Å². The quantitative estimate of drug-likeness (QED) is 0.370. The fourth-order valence-corrected chi connectivity index (χ4v) is 5.19. The largest absolute Gasteiger partial charge is 0.461 e. The molecule has 4 aromatic rings. The highest BCUT2D eigenvalue weighted by molar-refractivity contribution is 6.02. The molecule has 0 N–H and O–H groups in total. The standard InChI is InChI=1S/C29H22O2/c30-24-17-22(19-9-3-1-4-10-19)18-26-29(24)27(21-12-5-2-6-13-21)28-23-14-8-7-11-20(23)15-16-25(28)31-26/h1-16,22,27H,17-18H2. The first-order chi connectivity index (χ1) is 15.3. The van der Waals surface area contributed by atoms with Gasteiger partial charge in [0.2, 0.25) is 0 Å². The predicted octanol–water partition coefficient (Wildman–Crippen LogP) is 6.76. The SMILES string of the molecule is O=C1CC(c2ccccc2)CC2=C1C(c1ccccc1)c1c(ccc3ccccc13)O2. The van der Waals surface area contributed by atoms with Gasteiger partial charge in [0, 0.05) is 29.9 Å². The summed E-state index contributed by atoms with van der Waals surface area (Å²) < 4.78 is 6.48. The van der Waals surface area contributed by atoms with E-state index in [4.69, 9.17) is 4.74 Å². The Labute approximate surface area is 181 Å². The van der Waals surface area contributed by atoms with E-state index < -0.39 is 0 Å². The number of Topliss-reactive ketones (excluding diaryl/α,β-unsaturated/α-hetero) is 1. The van der Waals surface area contributed by atoms with Crippen molar-refractivity contribution in [3.05, 3.63) is 125 Å². The molecule has 0 spiro atoms. The van der Waals surface area contributed by atoms with Crippen molar-refractivity contribution in [1.82, 2.24) is 0 Å². The molecular weight excluding hydrogens is 380 g/mol. The molecule has 31 heavy (non-hydrogen) atoms. The minimum atomic E-state index is -0.102. The van der Waals surface area contributed by atoms with Crippen molar-refractivity contribution in [1.29, 1.82) is 0 Å². The fourth-order valence-electron chi connectivity index (χ4n) is 5.19. The van der Waals surface area contributed by atoms with Gasteiger partial charge in [0.1, 0.15) is 11.5 Å². The lowest BCUT2D eigenvalue weighted by Gasteiger charge is -2.36. The maximum atomic E-state index is 13.6. The van der Waals surface area contributed by atoms with Crippen LogP contribution in [0, 0.1) is 0 Å². The first-order valence-electron chi connectivity index (χ1n) is 10.9. The summed E-state index contributed by atoms with van der Waals surface area (Å²) in [6, 6.07) is 33.3. The Hall–Kier alpha value is -3.65. The van der Waals surface area contributed by atoms with E-state index in [1.165, 1.54) is 10.9 Å². The average molecular weight is 402 g/mol. The number of fused-ring (bicyclic) bond motifs is 3. The molecule has 0 saturated heterocycles. The lowest BCUT2D eigenvalue weighted by Crippen LogP contribution is -2.28. The van der Waals surface area contributed by atoms with E-state index in [-0.39, 0.29) is 17.6 Å². The summed E-state index contributed by atoms with van der Waals surface area (Å²) in [7, 11) is 0. The van der Waals surface area contributed by atoms with Crippen molar-refractivity contribution in [2.24, 2.45) is 0 Å². The van der Waals surface area contributed by atoms with Crippen molar-refractivity contribution in [3.8, 4) is 5.75 Å². The van der Waals surface area contributed by atoms with Gasteiger partial charge in [-0.1, -0.05) is 91.0 Å². The normalized spacial score (nSPS) is 20.2. The van der Waals surface area contributed by atoms with Crippen LogP contribution in [0.25, 0.3) is 10.8 Å². The summed E-state index contributed by atoms with van der Waals surface area (Å²) in [5.74, 6) is 1.96. The molecule has 0 radical (unpaired) electrons. The van der Waals surface area contributed by atoms with Crippen LogP contribution in [0.3, 0.4) is 0 Å². The lowest BCUT2D eigenvalue weighted by atomic mass is 9.72. The maximum absolute atomic E-state index is 13.6. The zero-order chi connectivity index (χ0) is 20.8. The van der Waals surface area contributed by atoms with Crippen LogP contribution in [0.5, 0.6) is 5.75 Å². The number of benzene rings is 4. The molecule has 0 amide bonds. The van der Waals surface area contributed by atoms with Crippen molar-refractivity contribution in [2.75, 3.05) is 0 Å². The zero-order valence-corrected chi connectivity index (χ0v) is 17.1. The Morgan fingerprint density at radius 3 is 2.13 bits per heavy atom. The minimum absolute atomic E-state index is 0.102. The molecule has 6 rings (SSSR count). The molecule has 0 saturated carbocycles. The zero-order valence-electron chi connectivity index (χ0n) is 17.1. The van der Waals surface area contributed by atoms with E-state index >= 15 is 0 Å². The molecular formula is C29H22O2. The number of allylic oxidation sites excluding steroid dienone is 2. The van der Waals surface area contributed by atoms with Gasteiger partial charge in [-0.05, 0) is 33.9 Å². The number of rotatable bonds is 2. The number of carbonyl (C=O) groups excluding carboxylic acids is 1. The molecule has 1 heterocycles. The van der Waals surface area contributed by atoms with Crippen LogP contribution in [-0.2, 0) is 4.79 Å². The topological polar surface area (TPSA) is 26.3 Å². The molecule has 2 nitrogen and oxygen atoms in total. The molecule has 1 aliphatic heterocycles. The minimum Gasteiger partial charge on any atom is -0.461 e. The molecule has 4 aromatic carbocycles. The molecule has 2 aliphatic rings. The van der Waals surface area contributed by atoms with Gasteiger partial charge in [0.05, 0.1) is 0 Å². The molecule has 0 aromatic heterocycles. The van der Waals surface area contributed by atoms with Gasteiger partial charge in [0.15, 0.2) is 5.78 Å². The second kappa shape index (κ2) is 7.24. The van der Waals surface area contributed by atoms with E-state index in [1.54, 1.807) is 0 Å². The van der Waals surface area contributed by atoms with Crippen molar-refractivity contribution < 1.29 is 9.53 Å². The lowest BCUT2D eigenvalue weighted by molar-refractivity contribution is -0.117. The molecule has 2 unspecified atom stereocenters. The van der Waals surface area contributed by atoms with Gasteiger partial charge in [-0.2, -0.15) is 0 Å². The van der Waals surface area contributed by atoms with Crippen LogP contribution in [0.4, 0.5) is 0 Å². The molecule has 2 atom stereocenters. The van der Waals surface area contributed by atoms with Gasteiger partial charge in [0.25, 0.3) is 0 Å². The van der Waals surface area contributed by atoms with E-state index in [0.717, 1.165) is 40.0 Å². The van der Waals surface area contributed by atoms with Crippen LogP contribution < -0.4 is 4.74 Å². The first-order valence-corrected chi connectivity index (χ1v) is 10.9. The van der Waals surface area contributed by atoms with Crippen molar-refractivity contribution >= 4 is 16.6 Å². The van der Waals surface area contributed by atoms with E-state index in [2.05, 4.69) is 72.8 Å². The van der Waals surface area contributed by atoms with E-state index in [9.17, 15) is 4.79 Å². The molecule has 1 aliphatic carbocycles. The third-order valence-corrected chi connectivity index (χ3v) is 6.61. The third-order valence-electron chi connectivity index (χ3n) is 6.61. The Kier molecular flexibility index (Phi) is 4.24. The van der Waals surface area contributed by atoms with E-state index in [1.807, 2.05) is 24.3 Å². The Balaban J connectivity index is 1.56. The van der Waals surface area contributed by atoms with Gasteiger partial charge >= 0.3 is 0 Å². The number of hydrogen-bond acceptors (Lipinski definition) is 2. The first kappa shape index (κ1) is 18.1. The van der Waals surface area contributed by atoms with Crippen LogP contribution in [0.1, 0.15) is 41.4 Å². The van der Waals surface area contributed by atoms with Crippen molar-refractivity contribution in [2.45, 2.75) is 24.7 Å². The van der Waals surface area contributed by atoms with Gasteiger partial charge < -0.3 is 4.74 Å². The summed E-state index contributed by atoms with van der Waals surface area (Å²) in [6.07, 6.45) is 1.27.